The quantitative estimate of drug-likeness (QED) is 0.634. The van der Waals surface area contributed by atoms with Crippen LogP contribution in [0.5, 0.6) is 0 Å². The molecule has 0 aliphatic carbocycles. The SMILES string of the molecule is C[C@H](O)CNC(=O)c1csc(N)n1. The maximum atomic E-state index is 11.2. The van der Waals surface area contributed by atoms with Crippen LogP contribution in [0.25, 0.3) is 0 Å². The van der Waals surface area contributed by atoms with Crippen molar-refractivity contribution in [1.29, 1.82) is 0 Å². The summed E-state index contributed by atoms with van der Waals surface area (Å²) in [5, 5.41) is 13.3. The van der Waals surface area contributed by atoms with Gasteiger partial charge in [-0.25, -0.2) is 4.98 Å². The van der Waals surface area contributed by atoms with Gasteiger partial charge in [0.15, 0.2) is 5.13 Å². The van der Waals surface area contributed by atoms with E-state index in [2.05, 4.69) is 10.3 Å². The van der Waals surface area contributed by atoms with Gasteiger partial charge >= 0.3 is 0 Å². The van der Waals surface area contributed by atoms with Gasteiger partial charge in [-0.05, 0) is 6.92 Å². The number of anilines is 1. The van der Waals surface area contributed by atoms with Crippen LogP contribution in [-0.4, -0.2) is 28.6 Å². The first-order chi connectivity index (χ1) is 6.09. The second kappa shape index (κ2) is 4.20. The number of hydrogen-bond donors (Lipinski definition) is 3. The molecule has 0 spiro atoms. The van der Waals surface area contributed by atoms with Crippen LogP contribution < -0.4 is 11.1 Å². The summed E-state index contributed by atoms with van der Waals surface area (Å²) in [6.07, 6.45) is -0.556. The molecule has 0 aliphatic heterocycles. The maximum Gasteiger partial charge on any atom is 0.270 e. The third-order valence-corrected chi connectivity index (χ3v) is 1.99. The molecule has 5 nitrogen and oxygen atoms in total. The summed E-state index contributed by atoms with van der Waals surface area (Å²) in [5.41, 5.74) is 5.64. The second-order valence-electron chi connectivity index (χ2n) is 2.63. The Balaban J connectivity index is 2.49. The van der Waals surface area contributed by atoms with Gasteiger partial charge in [0.25, 0.3) is 5.91 Å². The van der Waals surface area contributed by atoms with E-state index >= 15 is 0 Å². The Morgan fingerprint density at radius 2 is 2.62 bits per heavy atom. The number of nitrogens with zero attached hydrogens (tertiary/aromatic N) is 1. The number of amides is 1. The molecule has 13 heavy (non-hydrogen) atoms. The number of aliphatic hydroxyl groups is 1. The third kappa shape index (κ3) is 3.00. The van der Waals surface area contributed by atoms with Crippen LogP contribution in [-0.2, 0) is 0 Å². The number of hydrogen-bond acceptors (Lipinski definition) is 5. The summed E-state index contributed by atoms with van der Waals surface area (Å²) in [6, 6.07) is 0. The van der Waals surface area contributed by atoms with Crippen molar-refractivity contribution >= 4 is 22.4 Å². The van der Waals surface area contributed by atoms with Crippen LogP contribution >= 0.6 is 11.3 Å². The molecule has 0 aliphatic rings. The van der Waals surface area contributed by atoms with Crippen molar-refractivity contribution in [2.45, 2.75) is 13.0 Å². The van der Waals surface area contributed by atoms with Gasteiger partial charge in [0.05, 0.1) is 6.10 Å². The lowest BCUT2D eigenvalue weighted by atomic mass is 10.4. The van der Waals surface area contributed by atoms with Crippen LogP contribution in [0.15, 0.2) is 5.38 Å². The van der Waals surface area contributed by atoms with Gasteiger partial charge in [0.1, 0.15) is 5.69 Å². The van der Waals surface area contributed by atoms with Crippen molar-refractivity contribution in [3.05, 3.63) is 11.1 Å². The highest BCUT2D eigenvalue weighted by atomic mass is 32.1. The molecule has 0 unspecified atom stereocenters. The molecular formula is C7H11N3O2S. The Morgan fingerprint density at radius 1 is 1.92 bits per heavy atom. The minimum absolute atomic E-state index is 0.219. The maximum absolute atomic E-state index is 11.2. The normalized spacial score (nSPS) is 12.5. The Labute approximate surface area is 79.6 Å². The van der Waals surface area contributed by atoms with E-state index < -0.39 is 6.10 Å². The van der Waals surface area contributed by atoms with E-state index in [4.69, 9.17) is 10.8 Å². The fourth-order valence-electron chi connectivity index (χ4n) is 0.723. The minimum Gasteiger partial charge on any atom is -0.392 e. The van der Waals surface area contributed by atoms with Crippen LogP contribution in [0.3, 0.4) is 0 Å². The van der Waals surface area contributed by atoms with Gasteiger partial charge in [0, 0.05) is 11.9 Å². The van der Waals surface area contributed by atoms with Crippen molar-refractivity contribution < 1.29 is 9.90 Å². The predicted octanol–water partition coefficient (Wildman–Crippen LogP) is -0.164. The van der Waals surface area contributed by atoms with Gasteiger partial charge in [-0.15, -0.1) is 11.3 Å². The number of nitrogens with two attached hydrogens (primary N) is 1. The molecule has 1 aromatic heterocycles. The summed E-state index contributed by atoms with van der Waals surface area (Å²) >= 11 is 1.21. The predicted molar refractivity (Wildman–Crippen MR) is 50.5 cm³/mol. The Kier molecular flexibility index (Phi) is 3.21. The van der Waals surface area contributed by atoms with Gasteiger partial charge in [-0.3, -0.25) is 4.79 Å². The smallest absolute Gasteiger partial charge is 0.270 e. The summed E-state index contributed by atoms with van der Waals surface area (Å²) in [7, 11) is 0. The molecule has 1 heterocycles. The monoisotopic (exact) mass is 201 g/mol. The highest BCUT2D eigenvalue weighted by molar-refractivity contribution is 7.13. The van der Waals surface area contributed by atoms with E-state index in [1.807, 2.05) is 0 Å². The number of thiazole rings is 1. The molecule has 0 aromatic carbocycles. The molecular weight excluding hydrogens is 190 g/mol. The van der Waals surface area contributed by atoms with Crippen LogP contribution in [0.2, 0.25) is 0 Å². The second-order valence-corrected chi connectivity index (χ2v) is 3.52. The lowest BCUT2D eigenvalue weighted by Crippen LogP contribution is -2.30. The van der Waals surface area contributed by atoms with Gasteiger partial charge < -0.3 is 16.2 Å². The summed E-state index contributed by atoms with van der Waals surface area (Å²) in [6.45, 7) is 1.81. The van der Waals surface area contributed by atoms with Crippen LogP contribution in [0.1, 0.15) is 17.4 Å². The fourth-order valence-corrected chi connectivity index (χ4v) is 1.27. The molecule has 1 rings (SSSR count). The molecule has 1 aromatic rings. The number of nitrogens with one attached hydrogen (secondary N) is 1. The van der Waals surface area contributed by atoms with E-state index in [0.717, 1.165) is 0 Å². The van der Waals surface area contributed by atoms with E-state index in [0.29, 0.717) is 10.8 Å². The topological polar surface area (TPSA) is 88.2 Å². The summed E-state index contributed by atoms with van der Waals surface area (Å²) in [5.74, 6) is -0.311. The van der Waals surface area contributed by atoms with E-state index in [-0.39, 0.29) is 12.5 Å². The zero-order chi connectivity index (χ0) is 9.84. The molecule has 4 N–H and O–H groups in total. The van der Waals surface area contributed by atoms with Crippen molar-refractivity contribution in [3.63, 3.8) is 0 Å². The first kappa shape index (κ1) is 9.94. The fraction of sp³-hybridized carbons (Fsp3) is 0.429. The first-order valence-electron chi connectivity index (χ1n) is 3.77. The van der Waals surface area contributed by atoms with Crippen LogP contribution in [0.4, 0.5) is 5.13 Å². The van der Waals surface area contributed by atoms with Crippen LogP contribution in [0, 0.1) is 0 Å². The number of rotatable bonds is 3. The first-order valence-corrected chi connectivity index (χ1v) is 4.65. The number of aromatic nitrogens is 1. The number of aliphatic hydroxyl groups excluding tert-OH is 1. The molecule has 0 saturated carbocycles. The molecule has 0 fully saturated rings. The molecule has 1 amide bonds. The third-order valence-electron chi connectivity index (χ3n) is 1.31. The summed E-state index contributed by atoms with van der Waals surface area (Å²) < 4.78 is 0. The van der Waals surface area contributed by atoms with Crippen molar-refractivity contribution in [2.24, 2.45) is 0 Å². The van der Waals surface area contributed by atoms with E-state index in [1.54, 1.807) is 12.3 Å². The highest BCUT2D eigenvalue weighted by Crippen LogP contribution is 2.10. The standard InChI is InChI=1S/C7H11N3O2S/c1-4(11)2-9-6(12)5-3-13-7(8)10-5/h3-4,11H,2H2,1H3,(H2,8,10)(H,9,12)/t4-/m0/s1. The highest BCUT2D eigenvalue weighted by Gasteiger charge is 2.09. The zero-order valence-corrected chi connectivity index (χ0v) is 7.97. The van der Waals surface area contributed by atoms with E-state index in [9.17, 15) is 4.79 Å². The zero-order valence-electron chi connectivity index (χ0n) is 7.15. The number of carbonyl (C=O) groups excluding carboxylic acids is 1. The number of nitrogen functional groups attached to an aromatic ring is 1. The Bertz CT molecular complexity index is 298. The lowest BCUT2D eigenvalue weighted by Gasteiger charge is -2.04. The molecule has 0 radical (unpaired) electrons. The molecule has 1 atom stereocenters. The Morgan fingerprint density at radius 3 is 3.08 bits per heavy atom. The van der Waals surface area contributed by atoms with E-state index in [1.165, 1.54) is 11.3 Å². The average Bonchev–Trinajstić information content (AvgIpc) is 2.47. The number of carbonyl (C=O) groups is 1. The van der Waals surface area contributed by atoms with Crippen molar-refractivity contribution in [2.75, 3.05) is 12.3 Å². The Hall–Kier alpha value is -1.14. The van der Waals surface area contributed by atoms with Crippen molar-refractivity contribution in [3.8, 4) is 0 Å². The minimum atomic E-state index is -0.556. The van der Waals surface area contributed by atoms with Gasteiger partial charge in [-0.1, -0.05) is 0 Å². The van der Waals surface area contributed by atoms with Gasteiger partial charge in [-0.2, -0.15) is 0 Å². The molecule has 0 saturated heterocycles. The summed E-state index contributed by atoms with van der Waals surface area (Å²) in [4.78, 5) is 15.0. The molecule has 6 heteroatoms. The van der Waals surface area contributed by atoms with Gasteiger partial charge in [0.2, 0.25) is 0 Å². The molecule has 0 bridgehead atoms. The molecule has 72 valence electrons. The van der Waals surface area contributed by atoms with Crippen molar-refractivity contribution in [1.82, 2.24) is 10.3 Å². The largest absolute Gasteiger partial charge is 0.392 e. The lowest BCUT2D eigenvalue weighted by molar-refractivity contribution is 0.0920. The average molecular weight is 201 g/mol.